The zero-order valence-corrected chi connectivity index (χ0v) is 15.5. The fourth-order valence-corrected chi connectivity index (χ4v) is 1.60. The fraction of sp³-hybridized carbons (Fsp3) is 1.00. The lowest BCUT2D eigenvalue weighted by Crippen LogP contribution is -2.39. The van der Waals surface area contributed by atoms with E-state index in [1.54, 1.807) is 0 Å². The smallest absolute Gasteiger partial charge is 0.0123 e. The van der Waals surface area contributed by atoms with E-state index in [0.717, 1.165) is 0 Å². The van der Waals surface area contributed by atoms with Crippen LogP contribution in [0, 0.1) is 5.92 Å². The molecule has 0 aromatic heterocycles. The topological polar surface area (TPSA) is 26.0 Å². The summed E-state index contributed by atoms with van der Waals surface area (Å²) in [5, 5.41) is 0. The Balaban J connectivity index is -0.000000845. The predicted octanol–water partition coefficient (Wildman–Crippen LogP) is 4.79. The van der Waals surface area contributed by atoms with Crippen LogP contribution in [0.5, 0.6) is 0 Å². The molecule has 102 valence electrons. The first-order valence-electron chi connectivity index (χ1n) is 6.27. The molecule has 0 rings (SSSR count). The summed E-state index contributed by atoms with van der Waals surface area (Å²) in [5.41, 5.74) is 6.04. The molecule has 16 heavy (non-hydrogen) atoms. The average Bonchev–Trinajstić information content (AvgIpc) is 2.09. The van der Waals surface area contributed by atoms with E-state index in [2.05, 4.69) is 27.7 Å². The molecule has 2 N–H and O–H groups in total. The van der Waals surface area contributed by atoms with E-state index in [1.165, 1.54) is 44.9 Å². The highest BCUT2D eigenvalue weighted by atomic mass is 127. The predicted molar refractivity (Wildman–Crippen MR) is 91.9 cm³/mol. The Morgan fingerprint density at radius 3 is 1.88 bits per heavy atom. The van der Waals surface area contributed by atoms with E-state index < -0.39 is 0 Å². The van der Waals surface area contributed by atoms with Gasteiger partial charge in [-0.15, -0.1) is 24.0 Å². The zero-order valence-electron chi connectivity index (χ0n) is 11.7. The number of hydrogen-bond donors (Lipinski definition) is 1. The first kappa shape index (κ1) is 22.3. The van der Waals surface area contributed by atoms with Crippen molar-refractivity contribution in [2.75, 3.05) is 0 Å². The van der Waals surface area contributed by atoms with Crippen molar-refractivity contribution in [1.82, 2.24) is 0 Å². The van der Waals surface area contributed by atoms with Crippen LogP contribution in [0.4, 0.5) is 0 Å². The van der Waals surface area contributed by atoms with Gasteiger partial charge in [0.05, 0.1) is 0 Å². The van der Waals surface area contributed by atoms with E-state index in [1.807, 2.05) is 0 Å². The number of rotatable bonds is 8. The van der Waals surface area contributed by atoms with Gasteiger partial charge in [-0.25, -0.2) is 0 Å². The average molecular weight is 361 g/mol. The first-order valence-corrected chi connectivity index (χ1v) is 6.27. The van der Waals surface area contributed by atoms with Gasteiger partial charge in [0.1, 0.15) is 0 Å². The van der Waals surface area contributed by atoms with Crippen molar-refractivity contribution in [2.45, 2.75) is 78.2 Å². The van der Waals surface area contributed by atoms with Gasteiger partial charge in [-0.1, -0.05) is 52.4 Å². The SMILES string of the molecule is CCCCCCCCC(C)C(C)(C)N.I.P. The van der Waals surface area contributed by atoms with Crippen LogP contribution in [0.25, 0.3) is 0 Å². The highest BCUT2D eigenvalue weighted by Gasteiger charge is 2.19. The van der Waals surface area contributed by atoms with Gasteiger partial charge in [-0.05, 0) is 26.2 Å². The Kier molecular flexibility index (Phi) is 17.5. The Hall–Kier alpha value is 1.12. The van der Waals surface area contributed by atoms with E-state index >= 15 is 0 Å². The molecule has 0 radical (unpaired) electrons. The molecule has 0 aromatic rings. The normalized spacial score (nSPS) is 12.6. The van der Waals surface area contributed by atoms with Crippen molar-refractivity contribution in [1.29, 1.82) is 0 Å². The molecule has 0 aliphatic carbocycles. The molecule has 0 spiro atoms. The molecule has 0 aromatic carbocycles. The standard InChI is InChI=1S/C13H29N.HI.H3P/c1-5-6-7-8-9-10-11-12(2)13(3,4)14;;/h12H,5-11,14H2,1-4H3;1H;1H3. The summed E-state index contributed by atoms with van der Waals surface area (Å²) in [4.78, 5) is 0. The van der Waals surface area contributed by atoms with Crippen LogP contribution in [0.2, 0.25) is 0 Å². The maximum Gasteiger partial charge on any atom is 0.0123 e. The minimum atomic E-state index is 0. The summed E-state index contributed by atoms with van der Waals surface area (Å²) in [6, 6.07) is 0. The van der Waals surface area contributed by atoms with E-state index in [0.29, 0.717) is 5.92 Å². The van der Waals surface area contributed by atoms with Crippen molar-refractivity contribution in [3.63, 3.8) is 0 Å². The third-order valence-corrected chi connectivity index (χ3v) is 3.26. The second-order valence-electron chi connectivity index (χ2n) is 5.28. The van der Waals surface area contributed by atoms with Crippen molar-refractivity contribution in [3.05, 3.63) is 0 Å². The fourth-order valence-electron chi connectivity index (χ4n) is 1.60. The number of hydrogen-bond acceptors (Lipinski definition) is 1. The molecular weight excluding hydrogens is 328 g/mol. The van der Waals surface area contributed by atoms with Gasteiger partial charge in [-0.3, -0.25) is 0 Å². The van der Waals surface area contributed by atoms with Gasteiger partial charge in [0.2, 0.25) is 0 Å². The van der Waals surface area contributed by atoms with Crippen molar-refractivity contribution in [2.24, 2.45) is 11.7 Å². The number of halogens is 1. The molecule has 3 heteroatoms. The molecule has 2 unspecified atom stereocenters. The van der Waals surface area contributed by atoms with Crippen LogP contribution < -0.4 is 5.73 Å². The van der Waals surface area contributed by atoms with E-state index in [4.69, 9.17) is 5.73 Å². The molecule has 0 fully saturated rings. The maximum atomic E-state index is 6.04. The van der Waals surface area contributed by atoms with Crippen LogP contribution in [0.1, 0.15) is 72.6 Å². The van der Waals surface area contributed by atoms with Gasteiger partial charge >= 0.3 is 0 Å². The van der Waals surface area contributed by atoms with Gasteiger partial charge in [0, 0.05) is 5.54 Å². The molecule has 2 atom stereocenters. The van der Waals surface area contributed by atoms with E-state index in [9.17, 15) is 0 Å². The molecule has 1 nitrogen and oxygen atoms in total. The number of unbranched alkanes of at least 4 members (excludes halogenated alkanes) is 5. The van der Waals surface area contributed by atoms with Gasteiger partial charge < -0.3 is 5.73 Å². The van der Waals surface area contributed by atoms with Crippen molar-refractivity contribution < 1.29 is 0 Å². The Labute approximate surface area is 123 Å². The summed E-state index contributed by atoms with van der Waals surface area (Å²) >= 11 is 0. The second-order valence-corrected chi connectivity index (χ2v) is 5.28. The first-order chi connectivity index (χ1) is 6.48. The summed E-state index contributed by atoms with van der Waals surface area (Å²) in [7, 11) is 0. The molecule has 0 bridgehead atoms. The van der Waals surface area contributed by atoms with Crippen LogP contribution in [0.3, 0.4) is 0 Å². The zero-order chi connectivity index (χ0) is 11.0. The number of nitrogens with two attached hydrogens (primary N) is 1. The lowest BCUT2D eigenvalue weighted by Gasteiger charge is -2.27. The monoisotopic (exact) mass is 361 g/mol. The molecule has 0 aliphatic rings. The summed E-state index contributed by atoms with van der Waals surface area (Å²) in [6.07, 6.45) is 9.59. The Morgan fingerprint density at radius 2 is 1.44 bits per heavy atom. The minimum Gasteiger partial charge on any atom is -0.325 e. The molecule has 0 saturated carbocycles. The molecule has 0 amide bonds. The lowest BCUT2D eigenvalue weighted by molar-refractivity contribution is 0.316. The molecule has 0 heterocycles. The van der Waals surface area contributed by atoms with Crippen molar-refractivity contribution >= 4 is 33.9 Å². The largest absolute Gasteiger partial charge is 0.325 e. The summed E-state index contributed by atoms with van der Waals surface area (Å²) in [6.45, 7) is 8.80. The Bertz CT molecular complexity index is 134. The van der Waals surface area contributed by atoms with Crippen LogP contribution in [-0.2, 0) is 0 Å². The highest BCUT2D eigenvalue weighted by Crippen LogP contribution is 2.20. The quantitative estimate of drug-likeness (QED) is 0.376. The van der Waals surface area contributed by atoms with E-state index in [-0.39, 0.29) is 39.4 Å². The minimum absolute atomic E-state index is 0. The van der Waals surface area contributed by atoms with Gasteiger partial charge in [0.25, 0.3) is 0 Å². The van der Waals surface area contributed by atoms with Crippen molar-refractivity contribution in [3.8, 4) is 0 Å². The van der Waals surface area contributed by atoms with Crippen LogP contribution in [-0.4, -0.2) is 5.54 Å². The highest BCUT2D eigenvalue weighted by molar-refractivity contribution is 14.0. The molecular formula is C13H33INP. The van der Waals surface area contributed by atoms with Crippen LogP contribution in [0.15, 0.2) is 0 Å². The van der Waals surface area contributed by atoms with Gasteiger partial charge in [-0.2, -0.15) is 9.90 Å². The second kappa shape index (κ2) is 12.6. The van der Waals surface area contributed by atoms with Gasteiger partial charge in [0.15, 0.2) is 0 Å². The lowest BCUT2D eigenvalue weighted by atomic mass is 9.86. The molecule has 0 aliphatic heterocycles. The summed E-state index contributed by atoms with van der Waals surface area (Å²) < 4.78 is 0. The Morgan fingerprint density at radius 1 is 1.00 bits per heavy atom. The summed E-state index contributed by atoms with van der Waals surface area (Å²) in [5.74, 6) is 0.647. The van der Waals surface area contributed by atoms with Crippen LogP contribution >= 0.6 is 33.9 Å². The maximum absolute atomic E-state index is 6.04. The third-order valence-electron chi connectivity index (χ3n) is 3.26. The molecule has 0 saturated heterocycles. The third kappa shape index (κ3) is 13.2.